The van der Waals surface area contributed by atoms with Crippen LogP contribution in [0.1, 0.15) is 20.8 Å². The number of rotatable bonds is 3. The van der Waals surface area contributed by atoms with Crippen molar-refractivity contribution in [1.82, 2.24) is 10.6 Å². The lowest BCUT2D eigenvalue weighted by Crippen LogP contribution is -2.58. The lowest BCUT2D eigenvalue weighted by Gasteiger charge is -2.30. The van der Waals surface area contributed by atoms with E-state index in [1.165, 1.54) is 0 Å². The van der Waals surface area contributed by atoms with Gasteiger partial charge >= 0.3 is 0 Å². The minimum Gasteiger partial charge on any atom is -0.339 e. The Bertz CT molecular complexity index is 628. The van der Waals surface area contributed by atoms with Crippen LogP contribution in [0.3, 0.4) is 0 Å². The van der Waals surface area contributed by atoms with E-state index in [0.717, 1.165) is 0 Å². The molecule has 1 aromatic carbocycles. The standard InChI is InChI=1S/C14H16Cl5N3OS/c1-13(2,3)11(23)21-10(14(17,18)19)22-12(24)20-9-5-4-7(15)6-8(9)16/h4-6,10H,1-3H3,(H,21,23)(H2,20,22,24)/t10-/m0/s1. The molecule has 0 bridgehead atoms. The van der Waals surface area contributed by atoms with Crippen LogP contribution in [0.5, 0.6) is 0 Å². The number of thiocarbonyl (C=S) groups is 1. The van der Waals surface area contributed by atoms with Gasteiger partial charge in [0.15, 0.2) is 5.11 Å². The van der Waals surface area contributed by atoms with Crippen molar-refractivity contribution in [3.8, 4) is 0 Å². The topological polar surface area (TPSA) is 53.2 Å². The molecule has 0 heterocycles. The lowest BCUT2D eigenvalue weighted by atomic mass is 9.95. The molecule has 0 radical (unpaired) electrons. The molecule has 0 saturated carbocycles. The molecule has 3 N–H and O–H groups in total. The van der Waals surface area contributed by atoms with E-state index in [0.29, 0.717) is 15.7 Å². The normalized spacial score (nSPS) is 13.2. The molecular formula is C14H16Cl5N3OS. The summed E-state index contributed by atoms with van der Waals surface area (Å²) in [6.45, 7) is 5.21. The number of alkyl halides is 3. The molecule has 1 atom stereocenters. The predicted molar refractivity (Wildman–Crippen MR) is 107 cm³/mol. The van der Waals surface area contributed by atoms with Crippen molar-refractivity contribution in [2.75, 3.05) is 5.32 Å². The average Bonchev–Trinajstić information content (AvgIpc) is 2.39. The summed E-state index contributed by atoms with van der Waals surface area (Å²) in [6.07, 6.45) is -1.04. The number of carbonyl (C=O) groups excluding carboxylic acids is 1. The van der Waals surface area contributed by atoms with Gasteiger partial charge in [-0.25, -0.2) is 0 Å². The molecule has 0 saturated heterocycles. The summed E-state index contributed by atoms with van der Waals surface area (Å²) in [7, 11) is 0. The van der Waals surface area contributed by atoms with Crippen molar-refractivity contribution in [3.63, 3.8) is 0 Å². The van der Waals surface area contributed by atoms with Crippen molar-refractivity contribution in [2.45, 2.75) is 30.7 Å². The maximum Gasteiger partial charge on any atom is 0.228 e. The lowest BCUT2D eigenvalue weighted by molar-refractivity contribution is -0.129. The van der Waals surface area contributed by atoms with Gasteiger partial charge in [-0.2, -0.15) is 0 Å². The Kier molecular flexibility index (Phi) is 7.72. The Hall–Kier alpha value is -0.170. The highest BCUT2D eigenvalue weighted by Gasteiger charge is 2.36. The fourth-order valence-corrected chi connectivity index (χ4v) is 2.44. The fraction of sp³-hybridized carbons (Fsp3) is 0.429. The van der Waals surface area contributed by atoms with E-state index >= 15 is 0 Å². The smallest absolute Gasteiger partial charge is 0.228 e. The number of anilines is 1. The fourth-order valence-electron chi connectivity index (χ4n) is 1.43. The second-order valence-corrected chi connectivity index (χ2v) is 9.54. The first kappa shape index (κ1) is 21.9. The zero-order chi connectivity index (χ0) is 18.7. The number of hydrogen-bond acceptors (Lipinski definition) is 2. The van der Waals surface area contributed by atoms with Gasteiger partial charge < -0.3 is 16.0 Å². The van der Waals surface area contributed by atoms with Crippen LogP contribution >= 0.6 is 70.2 Å². The van der Waals surface area contributed by atoms with Gasteiger partial charge in [-0.1, -0.05) is 78.8 Å². The summed E-state index contributed by atoms with van der Waals surface area (Å²) < 4.78 is -1.82. The Balaban J connectivity index is 2.83. The second-order valence-electron chi connectivity index (χ2n) is 5.92. The number of amides is 1. The van der Waals surface area contributed by atoms with E-state index in [4.69, 9.17) is 70.2 Å². The monoisotopic (exact) mass is 449 g/mol. The van der Waals surface area contributed by atoms with Crippen LogP contribution in [-0.2, 0) is 4.79 Å². The minimum atomic E-state index is -1.82. The molecule has 0 fully saturated rings. The second kappa shape index (κ2) is 8.47. The molecular weight excluding hydrogens is 436 g/mol. The van der Waals surface area contributed by atoms with Gasteiger partial charge in [0.2, 0.25) is 9.70 Å². The molecule has 0 aliphatic rings. The zero-order valence-electron chi connectivity index (χ0n) is 13.0. The molecule has 0 aliphatic carbocycles. The molecule has 4 nitrogen and oxygen atoms in total. The van der Waals surface area contributed by atoms with E-state index in [2.05, 4.69) is 16.0 Å². The number of hydrogen-bond donors (Lipinski definition) is 3. The quantitative estimate of drug-likeness (QED) is 0.338. The third-order valence-corrected chi connectivity index (χ3v) is 4.16. The van der Waals surface area contributed by atoms with Gasteiger partial charge in [-0.05, 0) is 30.4 Å². The first-order chi connectivity index (χ1) is 10.8. The summed E-state index contributed by atoms with van der Waals surface area (Å²) in [5.74, 6) is -0.307. The molecule has 0 unspecified atom stereocenters. The predicted octanol–water partition coefficient (Wildman–Crippen LogP) is 5.14. The van der Waals surface area contributed by atoms with Crippen LogP contribution in [0.15, 0.2) is 18.2 Å². The Labute approximate surface area is 171 Å². The molecule has 1 amide bonds. The van der Waals surface area contributed by atoms with Gasteiger partial charge in [-0.15, -0.1) is 0 Å². The molecule has 10 heteroatoms. The highest BCUT2D eigenvalue weighted by atomic mass is 35.6. The SMILES string of the molecule is CC(C)(C)C(=O)N[C@@H](NC(=S)Nc1ccc(Cl)cc1Cl)C(Cl)(Cl)Cl. The van der Waals surface area contributed by atoms with Crippen LogP contribution in [0, 0.1) is 5.41 Å². The Morgan fingerprint density at radius 2 is 1.71 bits per heavy atom. The Morgan fingerprint density at radius 1 is 1.12 bits per heavy atom. The van der Waals surface area contributed by atoms with Crippen molar-refractivity contribution in [1.29, 1.82) is 0 Å². The maximum atomic E-state index is 12.1. The zero-order valence-corrected chi connectivity index (χ0v) is 17.6. The summed E-state index contributed by atoms with van der Waals surface area (Å²) >= 11 is 34.8. The van der Waals surface area contributed by atoms with Gasteiger partial charge in [0.25, 0.3) is 0 Å². The van der Waals surface area contributed by atoms with Crippen LogP contribution in [0.4, 0.5) is 5.69 Å². The van der Waals surface area contributed by atoms with E-state index in [-0.39, 0.29) is 11.0 Å². The minimum absolute atomic E-state index is 0.116. The number of nitrogens with one attached hydrogen (secondary N) is 3. The highest BCUT2D eigenvalue weighted by molar-refractivity contribution is 7.80. The Morgan fingerprint density at radius 3 is 2.17 bits per heavy atom. The largest absolute Gasteiger partial charge is 0.339 e. The average molecular weight is 452 g/mol. The summed E-state index contributed by atoms with van der Waals surface area (Å²) in [6, 6.07) is 4.85. The third kappa shape index (κ3) is 6.98. The van der Waals surface area contributed by atoms with Crippen molar-refractivity contribution in [3.05, 3.63) is 28.2 Å². The molecule has 0 aromatic heterocycles. The first-order valence-electron chi connectivity index (χ1n) is 6.71. The van der Waals surface area contributed by atoms with E-state index in [1.807, 2.05) is 0 Å². The molecule has 24 heavy (non-hydrogen) atoms. The van der Waals surface area contributed by atoms with Gasteiger partial charge in [0.05, 0.1) is 10.7 Å². The van der Waals surface area contributed by atoms with Crippen molar-refractivity contribution >= 4 is 86.9 Å². The van der Waals surface area contributed by atoms with E-state index < -0.39 is 15.4 Å². The number of benzene rings is 1. The number of halogens is 5. The van der Waals surface area contributed by atoms with E-state index in [9.17, 15) is 4.79 Å². The van der Waals surface area contributed by atoms with Crippen LogP contribution in [0.25, 0.3) is 0 Å². The number of carbonyl (C=O) groups is 1. The van der Waals surface area contributed by atoms with Crippen molar-refractivity contribution in [2.24, 2.45) is 5.41 Å². The molecule has 1 aromatic rings. The summed E-state index contributed by atoms with van der Waals surface area (Å²) in [5, 5.41) is 9.19. The molecule has 134 valence electrons. The molecule has 0 aliphatic heterocycles. The highest BCUT2D eigenvalue weighted by Crippen LogP contribution is 2.30. The van der Waals surface area contributed by atoms with E-state index in [1.54, 1.807) is 39.0 Å². The maximum absolute atomic E-state index is 12.1. The van der Waals surface area contributed by atoms with Crippen LogP contribution in [0.2, 0.25) is 10.0 Å². The van der Waals surface area contributed by atoms with Gasteiger partial charge in [0.1, 0.15) is 6.17 Å². The third-order valence-electron chi connectivity index (χ3n) is 2.74. The van der Waals surface area contributed by atoms with Gasteiger partial charge in [0, 0.05) is 10.4 Å². The summed E-state index contributed by atoms with van der Waals surface area (Å²) in [4.78, 5) is 12.1. The molecule has 1 rings (SSSR count). The van der Waals surface area contributed by atoms with Gasteiger partial charge in [-0.3, -0.25) is 4.79 Å². The first-order valence-corrected chi connectivity index (χ1v) is 9.01. The van der Waals surface area contributed by atoms with Crippen LogP contribution in [-0.4, -0.2) is 21.0 Å². The molecule has 0 spiro atoms. The van der Waals surface area contributed by atoms with Crippen molar-refractivity contribution < 1.29 is 4.79 Å². The summed E-state index contributed by atoms with van der Waals surface area (Å²) in [5.41, 5.74) is -0.145. The van der Waals surface area contributed by atoms with Crippen LogP contribution < -0.4 is 16.0 Å².